The van der Waals surface area contributed by atoms with Crippen molar-refractivity contribution < 1.29 is 14.3 Å². The first-order chi connectivity index (χ1) is 17.0. The van der Waals surface area contributed by atoms with E-state index in [1.54, 1.807) is 25.6 Å². The third-order valence-corrected chi connectivity index (χ3v) is 8.20. The van der Waals surface area contributed by atoms with Crippen molar-refractivity contribution in [2.45, 2.75) is 45.1 Å². The van der Waals surface area contributed by atoms with E-state index < -0.39 is 0 Å². The molecule has 3 aromatic rings. The molecular weight excluding hydrogens is 464 g/mol. The number of carbonyl (C=O) groups is 1. The number of nitrogens with zero attached hydrogens (tertiary/aromatic N) is 3. The fraction of sp³-hybridized carbons (Fsp3) is 0.500. The Morgan fingerprint density at radius 2 is 1.77 bits per heavy atom. The van der Waals surface area contributed by atoms with E-state index in [1.807, 2.05) is 23.1 Å². The lowest BCUT2D eigenvalue weighted by Gasteiger charge is -2.34. The maximum absolute atomic E-state index is 12.8. The van der Waals surface area contributed by atoms with Crippen LogP contribution in [0.5, 0.6) is 11.5 Å². The molecule has 0 unspecified atom stereocenters. The number of rotatable bonds is 7. The second kappa shape index (κ2) is 10.4. The van der Waals surface area contributed by atoms with Crippen LogP contribution in [0.25, 0.3) is 10.2 Å². The average molecular weight is 497 g/mol. The number of hydrogen-bond acceptors (Lipinski definition) is 7. The number of H-pyrrole nitrogens is 1. The summed E-state index contributed by atoms with van der Waals surface area (Å²) < 4.78 is 10.7. The van der Waals surface area contributed by atoms with Gasteiger partial charge in [-0.2, -0.15) is 0 Å². The fourth-order valence-corrected chi connectivity index (χ4v) is 6.35. The number of aromatic nitrogens is 2. The minimum absolute atomic E-state index is 0.00705. The molecule has 1 aromatic carbocycles. The fourth-order valence-electron chi connectivity index (χ4n) is 5.07. The number of aromatic amines is 1. The van der Waals surface area contributed by atoms with E-state index in [1.165, 1.54) is 16.9 Å². The van der Waals surface area contributed by atoms with E-state index in [2.05, 4.69) is 9.88 Å². The van der Waals surface area contributed by atoms with Crippen LogP contribution in [0.3, 0.4) is 0 Å². The zero-order chi connectivity index (χ0) is 24.4. The van der Waals surface area contributed by atoms with Crippen molar-refractivity contribution in [1.82, 2.24) is 19.8 Å². The van der Waals surface area contributed by atoms with Gasteiger partial charge in [-0.3, -0.25) is 14.5 Å². The van der Waals surface area contributed by atoms with Gasteiger partial charge in [-0.15, -0.1) is 11.3 Å². The Hall–Kier alpha value is -2.91. The van der Waals surface area contributed by atoms with Crippen LogP contribution in [0, 0.1) is 0 Å². The van der Waals surface area contributed by atoms with E-state index >= 15 is 0 Å². The summed E-state index contributed by atoms with van der Waals surface area (Å²) in [5, 5.41) is 0.803. The van der Waals surface area contributed by atoms with Crippen molar-refractivity contribution in [3.8, 4) is 11.5 Å². The number of hydrogen-bond donors (Lipinski definition) is 1. The number of methoxy groups -OCH3 is 2. The summed E-state index contributed by atoms with van der Waals surface area (Å²) >= 11 is 1.68. The lowest BCUT2D eigenvalue weighted by Crippen LogP contribution is -2.48. The maximum atomic E-state index is 12.8. The van der Waals surface area contributed by atoms with E-state index in [4.69, 9.17) is 14.5 Å². The van der Waals surface area contributed by atoms with Gasteiger partial charge in [0, 0.05) is 43.5 Å². The molecule has 3 heterocycles. The molecule has 1 amide bonds. The highest BCUT2D eigenvalue weighted by Gasteiger charge is 2.23. The summed E-state index contributed by atoms with van der Waals surface area (Å²) in [6.45, 7) is 3.49. The minimum atomic E-state index is -0.00705. The summed E-state index contributed by atoms with van der Waals surface area (Å²) in [5.41, 5.74) is 2.23. The summed E-state index contributed by atoms with van der Waals surface area (Å²) in [4.78, 5) is 39.8. The molecule has 1 saturated heterocycles. The number of ether oxygens (including phenoxy) is 2. The van der Waals surface area contributed by atoms with Gasteiger partial charge < -0.3 is 19.4 Å². The highest BCUT2D eigenvalue weighted by Crippen LogP contribution is 2.33. The summed E-state index contributed by atoms with van der Waals surface area (Å²) in [6, 6.07) is 5.72. The van der Waals surface area contributed by atoms with Gasteiger partial charge in [-0.1, -0.05) is 0 Å². The van der Waals surface area contributed by atoms with Gasteiger partial charge in [0.2, 0.25) is 5.91 Å². The van der Waals surface area contributed by atoms with E-state index in [0.717, 1.165) is 59.6 Å². The molecule has 186 valence electrons. The van der Waals surface area contributed by atoms with Gasteiger partial charge in [-0.05, 0) is 55.4 Å². The molecule has 0 spiro atoms. The topological polar surface area (TPSA) is 87.8 Å². The van der Waals surface area contributed by atoms with E-state index in [9.17, 15) is 9.59 Å². The number of thiophene rings is 1. The SMILES string of the molecule is COc1cc(CCC(=O)N2CCN(Cc3nc4sc5c(c4c(=O)[nH]3)CCCC5)CC2)cc(OC)c1. The molecule has 35 heavy (non-hydrogen) atoms. The number of fused-ring (bicyclic) bond motifs is 3. The molecule has 9 heteroatoms. The quantitative estimate of drug-likeness (QED) is 0.541. The Morgan fingerprint density at radius 1 is 1.06 bits per heavy atom. The largest absolute Gasteiger partial charge is 0.497 e. The van der Waals surface area contributed by atoms with Crippen LogP contribution in [0.1, 0.15) is 41.1 Å². The van der Waals surface area contributed by atoms with Crippen molar-refractivity contribution in [1.29, 1.82) is 0 Å². The normalized spacial score (nSPS) is 16.3. The van der Waals surface area contributed by atoms with Crippen molar-refractivity contribution in [2.24, 2.45) is 0 Å². The minimum Gasteiger partial charge on any atom is -0.497 e. The summed E-state index contributed by atoms with van der Waals surface area (Å²) in [6.07, 6.45) is 5.48. The van der Waals surface area contributed by atoms with Gasteiger partial charge >= 0.3 is 0 Å². The van der Waals surface area contributed by atoms with Crippen LogP contribution in [0.2, 0.25) is 0 Å². The Kier molecular flexibility index (Phi) is 7.06. The van der Waals surface area contributed by atoms with Crippen LogP contribution >= 0.6 is 11.3 Å². The number of carbonyl (C=O) groups excluding carboxylic acids is 1. The Bertz CT molecular complexity index is 1250. The number of amides is 1. The molecule has 1 N–H and O–H groups in total. The summed E-state index contributed by atoms with van der Waals surface area (Å²) in [5.74, 6) is 2.33. The van der Waals surface area contributed by atoms with Crippen molar-refractivity contribution in [3.05, 3.63) is 50.4 Å². The van der Waals surface area contributed by atoms with Crippen LogP contribution in [-0.2, 0) is 30.6 Å². The molecule has 8 nitrogen and oxygen atoms in total. The van der Waals surface area contributed by atoms with Crippen LogP contribution in [0.4, 0.5) is 0 Å². The maximum Gasteiger partial charge on any atom is 0.259 e. The lowest BCUT2D eigenvalue weighted by molar-refractivity contribution is -0.133. The Morgan fingerprint density at radius 3 is 2.49 bits per heavy atom. The number of benzene rings is 1. The van der Waals surface area contributed by atoms with Crippen LogP contribution in [0.15, 0.2) is 23.0 Å². The van der Waals surface area contributed by atoms with Crippen molar-refractivity contribution in [3.63, 3.8) is 0 Å². The Labute approximate surface area is 208 Å². The predicted octanol–water partition coefficient (Wildman–Crippen LogP) is 3.16. The molecule has 1 aliphatic carbocycles. The second-order valence-corrected chi connectivity index (χ2v) is 10.4. The summed E-state index contributed by atoms with van der Waals surface area (Å²) in [7, 11) is 3.25. The number of aryl methyl sites for hydroxylation is 3. The van der Waals surface area contributed by atoms with Crippen molar-refractivity contribution in [2.75, 3.05) is 40.4 Å². The highest BCUT2D eigenvalue weighted by atomic mass is 32.1. The van der Waals surface area contributed by atoms with Gasteiger partial charge in [0.1, 0.15) is 22.2 Å². The first-order valence-corrected chi connectivity index (χ1v) is 13.1. The number of nitrogens with one attached hydrogen (secondary N) is 1. The molecular formula is C26H32N4O4S. The number of piperazine rings is 1. The predicted molar refractivity (Wildman–Crippen MR) is 137 cm³/mol. The smallest absolute Gasteiger partial charge is 0.259 e. The monoisotopic (exact) mass is 496 g/mol. The molecule has 2 aromatic heterocycles. The lowest BCUT2D eigenvalue weighted by atomic mass is 9.97. The van der Waals surface area contributed by atoms with E-state index in [-0.39, 0.29) is 11.5 Å². The molecule has 1 aliphatic heterocycles. The first kappa shape index (κ1) is 23.8. The van der Waals surface area contributed by atoms with Gasteiger partial charge in [-0.25, -0.2) is 4.98 Å². The third-order valence-electron chi connectivity index (χ3n) is 7.01. The second-order valence-electron chi connectivity index (χ2n) is 9.28. The zero-order valence-electron chi connectivity index (χ0n) is 20.4. The van der Waals surface area contributed by atoms with Gasteiger partial charge in [0.15, 0.2) is 0 Å². The van der Waals surface area contributed by atoms with Crippen molar-refractivity contribution >= 4 is 27.5 Å². The third kappa shape index (κ3) is 5.21. The standard InChI is InChI=1S/C26H32N4O4S/c1-33-18-13-17(14-19(15-18)34-2)7-8-23(31)30-11-9-29(10-12-30)16-22-27-25(32)24-20-5-3-4-6-21(20)35-26(24)28-22/h13-15H,3-12,16H2,1-2H3,(H,27,28,32). The zero-order valence-corrected chi connectivity index (χ0v) is 21.2. The van der Waals surface area contributed by atoms with Crippen LogP contribution in [-0.4, -0.2) is 66.1 Å². The molecule has 0 bridgehead atoms. The van der Waals surface area contributed by atoms with E-state index in [0.29, 0.717) is 38.3 Å². The van der Waals surface area contributed by atoms with Gasteiger partial charge in [0.25, 0.3) is 5.56 Å². The Balaban J connectivity index is 1.16. The van der Waals surface area contributed by atoms with Crippen LogP contribution < -0.4 is 15.0 Å². The molecule has 0 atom stereocenters. The molecule has 0 radical (unpaired) electrons. The van der Waals surface area contributed by atoms with Gasteiger partial charge in [0.05, 0.1) is 26.2 Å². The molecule has 2 aliphatic rings. The molecule has 1 fully saturated rings. The average Bonchev–Trinajstić information content (AvgIpc) is 3.26. The highest BCUT2D eigenvalue weighted by molar-refractivity contribution is 7.18. The molecule has 0 saturated carbocycles. The molecule has 5 rings (SSSR count). The first-order valence-electron chi connectivity index (χ1n) is 12.3.